The minimum atomic E-state index is -0.632. The molecule has 0 bridgehead atoms. The molecule has 0 aromatic heterocycles. The number of hydrogen-bond donors (Lipinski definition) is 0. The first-order valence-corrected chi connectivity index (χ1v) is 6.97. The zero-order valence-corrected chi connectivity index (χ0v) is 13.0. The molecule has 22 heavy (non-hydrogen) atoms. The van der Waals surface area contributed by atoms with E-state index in [9.17, 15) is 9.59 Å². The Morgan fingerprint density at radius 3 is 2.50 bits per heavy atom. The Kier molecular flexibility index (Phi) is 7.70. The Labute approximate surface area is 130 Å². The van der Waals surface area contributed by atoms with Crippen LogP contribution >= 0.6 is 0 Å². The second-order valence-electron chi connectivity index (χ2n) is 4.40. The zero-order valence-electron chi connectivity index (χ0n) is 13.0. The lowest BCUT2D eigenvalue weighted by molar-refractivity contribution is -0.137. The van der Waals surface area contributed by atoms with Gasteiger partial charge in [0.2, 0.25) is 0 Å². The fraction of sp³-hybridized carbons (Fsp3) is 0.375. The lowest BCUT2D eigenvalue weighted by Gasteiger charge is -2.23. The van der Waals surface area contributed by atoms with Crippen molar-refractivity contribution in [3.63, 3.8) is 0 Å². The van der Waals surface area contributed by atoms with Gasteiger partial charge in [-0.25, -0.2) is 9.59 Å². The van der Waals surface area contributed by atoms with Crippen LogP contribution in [0.5, 0.6) is 0 Å². The first kappa shape index (κ1) is 17.7. The molecule has 0 fully saturated rings. The molecule has 0 unspecified atom stereocenters. The first-order valence-electron chi connectivity index (χ1n) is 6.97. The minimum Gasteiger partial charge on any atom is -0.463 e. The van der Waals surface area contributed by atoms with Crippen molar-refractivity contribution in [1.82, 2.24) is 5.06 Å². The Balaban J connectivity index is 2.54. The number of ether oxygens (including phenoxy) is 2. The molecule has 1 atom stereocenters. The average molecular weight is 307 g/mol. The van der Waals surface area contributed by atoms with E-state index in [0.717, 1.165) is 10.6 Å². The van der Waals surface area contributed by atoms with E-state index in [1.165, 1.54) is 19.3 Å². The number of amides is 1. The van der Waals surface area contributed by atoms with E-state index in [-0.39, 0.29) is 6.61 Å². The summed E-state index contributed by atoms with van der Waals surface area (Å²) in [6.45, 7) is 3.86. The molecule has 1 aromatic rings. The van der Waals surface area contributed by atoms with Crippen LogP contribution in [0.1, 0.15) is 19.4 Å². The standard InChI is InChI=1S/C16H21NO5/c1-4-21-15(18)11-10-13(2)17(20-3)16(19)22-12-14-8-6-5-7-9-14/h5-11,13H,4,12H2,1-3H3/b11-10+/t13-/m1/s1. The molecule has 0 saturated carbocycles. The number of carbonyl (C=O) groups excluding carboxylic acids is 2. The van der Waals surface area contributed by atoms with Crippen molar-refractivity contribution >= 4 is 12.1 Å². The number of carbonyl (C=O) groups is 2. The summed E-state index contributed by atoms with van der Waals surface area (Å²) in [6.07, 6.45) is 2.13. The molecule has 1 rings (SSSR count). The van der Waals surface area contributed by atoms with E-state index in [1.54, 1.807) is 13.8 Å². The van der Waals surface area contributed by atoms with Gasteiger partial charge >= 0.3 is 12.1 Å². The van der Waals surface area contributed by atoms with Gasteiger partial charge in [0.05, 0.1) is 19.8 Å². The first-order chi connectivity index (χ1) is 10.6. The normalized spacial score (nSPS) is 12.0. The highest BCUT2D eigenvalue weighted by Crippen LogP contribution is 2.07. The van der Waals surface area contributed by atoms with Crippen LogP contribution in [0.3, 0.4) is 0 Å². The quantitative estimate of drug-likeness (QED) is 0.440. The summed E-state index contributed by atoms with van der Waals surface area (Å²) in [6, 6.07) is 8.85. The lowest BCUT2D eigenvalue weighted by Crippen LogP contribution is -2.37. The fourth-order valence-electron chi connectivity index (χ4n) is 1.68. The molecule has 0 aliphatic carbocycles. The van der Waals surface area contributed by atoms with Crippen LogP contribution in [0.15, 0.2) is 42.5 Å². The zero-order chi connectivity index (χ0) is 16.4. The van der Waals surface area contributed by atoms with Crippen molar-refractivity contribution in [2.75, 3.05) is 13.7 Å². The number of benzene rings is 1. The van der Waals surface area contributed by atoms with Gasteiger partial charge in [-0.3, -0.25) is 4.84 Å². The highest BCUT2D eigenvalue weighted by molar-refractivity contribution is 5.82. The molecule has 0 saturated heterocycles. The van der Waals surface area contributed by atoms with Crippen LogP contribution < -0.4 is 0 Å². The molecule has 0 spiro atoms. The largest absolute Gasteiger partial charge is 0.463 e. The molecule has 1 aromatic carbocycles. The summed E-state index contributed by atoms with van der Waals surface area (Å²) in [4.78, 5) is 28.3. The molecule has 0 N–H and O–H groups in total. The van der Waals surface area contributed by atoms with E-state index in [2.05, 4.69) is 0 Å². The Morgan fingerprint density at radius 1 is 1.23 bits per heavy atom. The summed E-state index contributed by atoms with van der Waals surface area (Å²) in [5.74, 6) is -0.469. The summed E-state index contributed by atoms with van der Waals surface area (Å²) in [7, 11) is 1.36. The molecule has 0 heterocycles. The maximum atomic E-state index is 12.0. The number of nitrogens with zero attached hydrogens (tertiary/aromatic N) is 1. The van der Waals surface area contributed by atoms with Gasteiger partial charge in [0.25, 0.3) is 0 Å². The Hall–Kier alpha value is -2.34. The van der Waals surface area contributed by atoms with Crippen LogP contribution in [-0.2, 0) is 25.7 Å². The summed E-state index contributed by atoms with van der Waals surface area (Å²) in [5.41, 5.74) is 0.877. The number of rotatable bonds is 7. The summed E-state index contributed by atoms with van der Waals surface area (Å²) < 4.78 is 9.94. The predicted octanol–water partition coefficient (Wildman–Crippen LogP) is 2.69. The molecule has 0 aliphatic rings. The monoisotopic (exact) mass is 307 g/mol. The topological polar surface area (TPSA) is 65.1 Å². The second kappa shape index (κ2) is 9.57. The van der Waals surface area contributed by atoms with Crippen molar-refractivity contribution < 1.29 is 23.9 Å². The van der Waals surface area contributed by atoms with Gasteiger partial charge in [-0.2, -0.15) is 5.06 Å². The van der Waals surface area contributed by atoms with Crippen LogP contribution in [0, 0.1) is 0 Å². The SMILES string of the molecule is CCOC(=O)/C=C/[C@@H](C)N(OC)C(=O)OCc1ccccc1. The third-order valence-corrected chi connectivity index (χ3v) is 2.75. The van der Waals surface area contributed by atoms with Gasteiger partial charge in [-0.05, 0) is 19.4 Å². The van der Waals surface area contributed by atoms with Crippen molar-refractivity contribution in [2.45, 2.75) is 26.5 Å². The van der Waals surface area contributed by atoms with Gasteiger partial charge in [-0.1, -0.05) is 36.4 Å². The molecule has 1 amide bonds. The lowest BCUT2D eigenvalue weighted by atomic mass is 10.2. The minimum absolute atomic E-state index is 0.147. The van der Waals surface area contributed by atoms with Crippen molar-refractivity contribution in [3.05, 3.63) is 48.0 Å². The molecule has 0 aliphatic heterocycles. The maximum absolute atomic E-state index is 12.0. The van der Waals surface area contributed by atoms with Crippen molar-refractivity contribution in [1.29, 1.82) is 0 Å². The molecular formula is C16H21NO5. The Morgan fingerprint density at radius 2 is 1.91 bits per heavy atom. The third-order valence-electron chi connectivity index (χ3n) is 2.75. The van der Waals surface area contributed by atoms with Gasteiger partial charge in [0.15, 0.2) is 0 Å². The van der Waals surface area contributed by atoms with Crippen molar-refractivity contribution in [3.8, 4) is 0 Å². The van der Waals surface area contributed by atoms with Gasteiger partial charge in [0.1, 0.15) is 6.61 Å². The van der Waals surface area contributed by atoms with Crippen LogP contribution in [0.4, 0.5) is 4.79 Å². The smallest absolute Gasteiger partial charge is 0.434 e. The van der Waals surface area contributed by atoms with Crippen LogP contribution in [0.25, 0.3) is 0 Å². The van der Waals surface area contributed by atoms with Crippen LogP contribution in [-0.4, -0.2) is 36.9 Å². The van der Waals surface area contributed by atoms with E-state index in [1.807, 2.05) is 30.3 Å². The highest BCUT2D eigenvalue weighted by atomic mass is 16.7. The number of esters is 1. The van der Waals surface area contributed by atoms with Gasteiger partial charge in [-0.15, -0.1) is 0 Å². The molecule has 0 radical (unpaired) electrons. The number of hydroxylamine groups is 2. The molecule has 120 valence electrons. The van der Waals surface area contributed by atoms with Gasteiger partial charge in [0, 0.05) is 6.08 Å². The van der Waals surface area contributed by atoms with E-state index in [0.29, 0.717) is 6.61 Å². The van der Waals surface area contributed by atoms with Crippen molar-refractivity contribution in [2.24, 2.45) is 0 Å². The summed E-state index contributed by atoms with van der Waals surface area (Å²) in [5, 5.41) is 1.04. The molecule has 6 heteroatoms. The number of hydrogen-bond acceptors (Lipinski definition) is 5. The summed E-state index contributed by atoms with van der Waals surface area (Å²) >= 11 is 0. The predicted molar refractivity (Wildman–Crippen MR) is 80.7 cm³/mol. The second-order valence-corrected chi connectivity index (χ2v) is 4.40. The average Bonchev–Trinajstić information content (AvgIpc) is 2.53. The molecule has 6 nitrogen and oxygen atoms in total. The van der Waals surface area contributed by atoms with E-state index >= 15 is 0 Å². The fourth-order valence-corrected chi connectivity index (χ4v) is 1.68. The third kappa shape index (κ3) is 5.97. The van der Waals surface area contributed by atoms with Gasteiger partial charge < -0.3 is 9.47 Å². The molecular weight excluding hydrogens is 286 g/mol. The van der Waals surface area contributed by atoms with E-state index < -0.39 is 18.1 Å². The van der Waals surface area contributed by atoms with E-state index in [4.69, 9.17) is 14.3 Å². The highest BCUT2D eigenvalue weighted by Gasteiger charge is 2.20. The van der Waals surface area contributed by atoms with Crippen LogP contribution in [0.2, 0.25) is 0 Å². The maximum Gasteiger partial charge on any atom is 0.434 e. The Bertz CT molecular complexity index is 501.